The van der Waals surface area contributed by atoms with Gasteiger partial charge in [0.25, 0.3) is 0 Å². The molecule has 0 radical (unpaired) electrons. The van der Waals surface area contributed by atoms with E-state index >= 15 is 0 Å². The topological polar surface area (TPSA) is 34.9 Å². The fourth-order valence-corrected chi connectivity index (χ4v) is 3.45. The summed E-state index contributed by atoms with van der Waals surface area (Å²) >= 11 is 11.9. The molecule has 1 aromatic heterocycles. The molecule has 3 nitrogen and oxygen atoms in total. The van der Waals surface area contributed by atoms with Gasteiger partial charge in [-0.2, -0.15) is 0 Å². The highest BCUT2D eigenvalue weighted by atomic mass is 35.5. The van der Waals surface area contributed by atoms with Crippen LogP contribution in [-0.4, -0.2) is 31.6 Å². The highest BCUT2D eigenvalue weighted by Gasteiger charge is 2.16. The number of nitrogens with zero attached hydrogens (tertiary/aromatic N) is 2. The third kappa shape index (κ3) is 3.30. The van der Waals surface area contributed by atoms with E-state index in [0.717, 1.165) is 16.9 Å². The summed E-state index contributed by atoms with van der Waals surface area (Å²) in [5, 5.41) is 0.677. The number of hydrogen-bond acceptors (Lipinski definition) is 2. The molecule has 19 heavy (non-hydrogen) atoms. The van der Waals surface area contributed by atoms with Crippen molar-refractivity contribution in [2.24, 2.45) is 0 Å². The molecule has 2 atom stereocenters. The first-order valence-corrected chi connectivity index (χ1v) is 8.69. The Morgan fingerprint density at radius 2 is 2.21 bits per heavy atom. The zero-order chi connectivity index (χ0) is 14.0. The van der Waals surface area contributed by atoms with Gasteiger partial charge in [-0.15, -0.1) is 11.6 Å². The molecule has 104 valence electrons. The SMILES string of the molecule is CC(CS(C)=O)n1c(CCCl)nc2ccc(Cl)cc21. The minimum Gasteiger partial charge on any atom is -0.324 e. The van der Waals surface area contributed by atoms with Crippen molar-refractivity contribution >= 4 is 45.0 Å². The number of hydrogen-bond donors (Lipinski definition) is 0. The minimum atomic E-state index is -0.855. The lowest BCUT2D eigenvalue weighted by Gasteiger charge is -2.16. The van der Waals surface area contributed by atoms with E-state index in [1.165, 1.54) is 0 Å². The molecule has 0 fully saturated rings. The van der Waals surface area contributed by atoms with Gasteiger partial charge in [0.15, 0.2) is 0 Å². The molecule has 2 unspecified atom stereocenters. The van der Waals surface area contributed by atoms with Gasteiger partial charge in [0.05, 0.1) is 11.0 Å². The lowest BCUT2D eigenvalue weighted by atomic mass is 10.3. The number of alkyl halides is 1. The number of rotatable bonds is 5. The molecule has 2 rings (SSSR count). The second-order valence-corrected chi connectivity index (χ2v) is 6.85. The number of aryl methyl sites for hydroxylation is 1. The van der Waals surface area contributed by atoms with Crippen LogP contribution in [0.25, 0.3) is 11.0 Å². The van der Waals surface area contributed by atoms with Crippen LogP contribution in [0.5, 0.6) is 0 Å². The number of benzene rings is 1. The van der Waals surface area contributed by atoms with Crippen LogP contribution in [0.1, 0.15) is 18.8 Å². The average Bonchev–Trinajstić information content (AvgIpc) is 2.65. The first-order valence-electron chi connectivity index (χ1n) is 6.05. The Bertz CT molecular complexity index is 612. The molecule has 0 N–H and O–H groups in total. The Hall–Kier alpha value is -0.580. The summed E-state index contributed by atoms with van der Waals surface area (Å²) in [7, 11) is -0.855. The zero-order valence-corrected chi connectivity index (χ0v) is 13.2. The molecular weight excluding hydrogens is 303 g/mol. The Kier molecular flexibility index (Phi) is 4.87. The zero-order valence-electron chi connectivity index (χ0n) is 10.9. The number of imidazole rings is 1. The Labute approximate surface area is 125 Å². The van der Waals surface area contributed by atoms with Crippen molar-refractivity contribution in [1.29, 1.82) is 0 Å². The van der Waals surface area contributed by atoms with E-state index < -0.39 is 10.8 Å². The smallest absolute Gasteiger partial charge is 0.111 e. The fourth-order valence-electron chi connectivity index (χ4n) is 2.28. The second kappa shape index (κ2) is 6.25. The molecule has 0 saturated heterocycles. The maximum Gasteiger partial charge on any atom is 0.111 e. The van der Waals surface area contributed by atoms with Gasteiger partial charge in [0.2, 0.25) is 0 Å². The molecule has 1 heterocycles. The molecule has 0 saturated carbocycles. The molecule has 0 bridgehead atoms. The predicted molar refractivity (Wildman–Crippen MR) is 82.8 cm³/mol. The van der Waals surface area contributed by atoms with Gasteiger partial charge in [-0.05, 0) is 25.1 Å². The Morgan fingerprint density at radius 3 is 2.84 bits per heavy atom. The molecule has 0 aliphatic rings. The van der Waals surface area contributed by atoms with Crippen LogP contribution < -0.4 is 0 Å². The maximum absolute atomic E-state index is 11.4. The Morgan fingerprint density at radius 1 is 1.47 bits per heavy atom. The second-order valence-electron chi connectivity index (χ2n) is 4.56. The maximum atomic E-state index is 11.4. The summed E-state index contributed by atoms with van der Waals surface area (Å²) in [6.45, 7) is 2.04. The van der Waals surface area contributed by atoms with Crippen molar-refractivity contribution < 1.29 is 4.21 Å². The summed E-state index contributed by atoms with van der Waals surface area (Å²) in [4.78, 5) is 4.59. The third-order valence-electron chi connectivity index (χ3n) is 2.96. The van der Waals surface area contributed by atoms with E-state index in [-0.39, 0.29) is 6.04 Å². The molecule has 6 heteroatoms. The largest absolute Gasteiger partial charge is 0.324 e. The molecule has 2 aromatic rings. The minimum absolute atomic E-state index is 0.104. The summed E-state index contributed by atoms with van der Waals surface area (Å²) < 4.78 is 13.5. The highest BCUT2D eigenvalue weighted by Crippen LogP contribution is 2.25. The van der Waals surface area contributed by atoms with Gasteiger partial charge in [0.1, 0.15) is 5.82 Å². The molecule has 1 aromatic carbocycles. The first-order chi connectivity index (χ1) is 9.02. The normalized spacial score (nSPS) is 14.7. The van der Waals surface area contributed by atoms with Crippen molar-refractivity contribution in [2.45, 2.75) is 19.4 Å². The van der Waals surface area contributed by atoms with E-state index in [1.807, 2.05) is 25.1 Å². The number of aromatic nitrogens is 2. The lowest BCUT2D eigenvalue weighted by molar-refractivity contribution is 0.587. The van der Waals surface area contributed by atoms with Crippen LogP contribution in [0.2, 0.25) is 5.02 Å². The molecular formula is C13H16Cl2N2OS. The van der Waals surface area contributed by atoms with Crippen LogP contribution in [0, 0.1) is 0 Å². The monoisotopic (exact) mass is 318 g/mol. The van der Waals surface area contributed by atoms with Crippen molar-refractivity contribution in [2.75, 3.05) is 17.9 Å². The fraction of sp³-hybridized carbons (Fsp3) is 0.462. The van der Waals surface area contributed by atoms with Crippen molar-refractivity contribution in [3.8, 4) is 0 Å². The van der Waals surface area contributed by atoms with E-state index in [2.05, 4.69) is 9.55 Å². The van der Waals surface area contributed by atoms with E-state index in [4.69, 9.17) is 23.2 Å². The quantitative estimate of drug-likeness (QED) is 0.792. The van der Waals surface area contributed by atoms with Gasteiger partial charge in [-0.25, -0.2) is 4.98 Å². The van der Waals surface area contributed by atoms with Crippen LogP contribution in [0.3, 0.4) is 0 Å². The van der Waals surface area contributed by atoms with Crippen molar-refractivity contribution in [3.05, 3.63) is 29.0 Å². The predicted octanol–water partition coefficient (Wildman–Crippen LogP) is 3.41. The molecule has 0 spiro atoms. The summed E-state index contributed by atoms with van der Waals surface area (Å²) in [6.07, 6.45) is 2.40. The molecule has 0 amide bonds. The standard InChI is InChI=1S/C13H16Cl2N2OS/c1-9(8-19(2)18)17-12-7-10(15)3-4-11(12)16-13(17)5-6-14/h3-4,7,9H,5-6,8H2,1-2H3. The van der Waals surface area contributed by atoms with Gasteiger partial charge in [-0.3, -0.25) is 4.21 Å². The third-order valence-corrected chi connectivity index (χ3v) is 4.34. The highest BCUT2D eigenvalue weighted by molar-refractivity contribution is 7.84. The molecule has 0 aliphatic carbocycles. The lowest BCUT2D eigenvalue weighted by Crippen LogP contribution is -2.16. The summed E-state index contributed by atoms with van der Waals surface area (Å²) in [6, 6.07) is 5.74. The van der Waals surface area contributed by atoms with E-state index in [0.29, 0.717) is 23.1 Å². The van der Waals surface area contributed by atoms with Gasteiger partial charge >= 0.3 is 0 Å². The average molecular weight is 319 g/mol. The van der Waals surface area contributed by atoms with Crippen LogP contribution in [0.4, 0.5) is 0 Å². The first kappa shape index (κ1) is 14.8. The number of halogens is 2. The molecule has 0 aliphatic heterocycles. The van der Waals surface area contributed by atoms with Gasteiger partial charge in [0, 0.05) is 46.2 Å². The van der Waals surface area contributed by atoms with Crippen LogP contribution >= 0.6 is 23.2 Å². The number of fused-ring (bicyclic) bond motifs is 1. The van der Waals surface area contributed by atoms with Gasteiger partial charge in [-0.1, -0.05) is 11.6 Å². The van der Waals surface area contributed by atoms with Gasteiger partial charge < -0.3 is 4.57 Å². The van der Waals surface area contributed by atoms with Crippen LogP contribution in [0.15, 0.2) is 18.2 Å². The van der Waals surface area contributed by atoms with Crippen LogP contribution in [-0.2, 0) is 17.2 Å². The van der Waals surface area contributed by atoms with E-state index in [9.17, 15) is 4.21 Å². The van der Waals surface area contributed by atoms with Crippen molar-refractivity contribution in [1.82, 2.24) is 9.55 Å². The Balaban J connectivity index is 2.55. The van der Waals surface area contributed by atoms with E-state index in [1.54, 1.807) is 6.26 Å². The van der Waals surface area contributed by atoms with Crippen molar-refractivity contribution in [3.63, 3.8) is 0 Å². The summed E-state index contributed by atoms with van der Waals surface area (Å²) in [5.41, 5.74) is 1.88. The summed E-state index contributed by atoms with van der Waals surface area (Å²) in [5.74, 6) is 2.02.